The standard InChI is InChI=1S/C10H15NO/c1-7-4-5-9(6-12-3)8(2)10(7)11/h4-5H,6,11H2,1-3H3. The van der Waals surface area contributed by atoms with Gasteiger partial charge in [-0.1, -0.05) is 12.1 Å². The van der Waals surface area contributed by atoms with Crippen LogP contribution >= 0.6 is 0 Å². The molecule has 0 spiro atoms. The SMILES string of the molecule is COCc1ccc(C)c(N)c1C. The number of rotatable bonds is 2. The molecule has 0 atom stereocenters. The molecule has 1 aromatic carbocycles. The van der Waals surface area contributed by atoms with E-state index in [9.17, 15) is 0 Å². The number of hydrogen-bond donors (Lipinski definition) is 1. The molecule has 0 radical (unpaired) electrons. The van der Waals surface area contributed by atoms with Crippen LogP contribution in [-0.2, 0) is 11.3 Å². The van der Waals surface area contributed by atoms with Crippen LogP contribution in [0.2, 0.25) is 0 Å². The fraction of sp³-hybridized carbons (Fsp3) is 0.400. The molecule has 0 fully saturated rings. The molecular formula is C10H15NO. The van der Waals surface area contributed by atoms with Gasteiger partial charge in [0.05, 0.1) is 6.61 Å². The van der Waals surface area contributed by atoms with Crippen molar-refractivity contribution in [2.75, 3.05) is 12.8 Å². The Morgan fingerprint density at radius 2 is 2.00 bits per heavy atom. The van der Waals surface area contributed by atoms with Gasteiger partial charge >= 0.3 is 0 Å². The molecule has 0 aliphatic heterocycles. The van der Waals surface area contributed by atoms with Crippen molar-refractivity contribution < 1.29 is 4.74 Å². The van der Waals surface area contributed by atoms with Gasteiger partial charge in [-0.3, -0.25) is 0 Å². The lowest BCUT2D eigenvalue weighted by Crippen LogP contribution is -1.99. The molecule has 1 rings (SSSR count). The zero-order valence-corrected chi connectivity index (χ0v) is 7.85. The summed E-state index contributed by atoms with van der Waals surface area (Å²) in [5, 5.41) is 0. The number of anilines is 1. The first-order valence-electron chi connectivity index (χ1n) is 4.00. The minimum atomic E-state index is 0.635. The summed E-state index contributed by atoms with van der Waals surface area (Å²) < 4.78 is 5.05. The summed E-state index contributed by atoms with van der Waals surface area (Å²) in [6, 6.07) is 4.08. The van der Waals surface area contributed by atoms with Gasteiger partial charge in [-0.25, -0.2) is 0 Å². The predicted octanol–water partition coefficient (Wildman–Crippen LogP) is 2.03. The van der Waals surface area contributed by atoms with E-state index in [-0.39, 0.29) is 0 Å². The molecule has 0 aliphatic carbocycles. The van der Waals surface area contributed by atoms with Crippen LogP contribution in [0.15, 0.2) is 12.1 Å². The Morgan fingerprint density at radius 1 is 1.33 bits per heavy atom. The van der Waals surface area contributed by atoms with E-state index in [2.05, 4.69) is 6.07 Å². The number of ether oxygens (including phenoxy) is 1. The maximum Gasteiger partial charge on any atom is 0.0716 e. The van der Waals surface area contributed by atoms with Crippen LogP contribution in [0.4, 0.5) is 5.69 Å². The average molecular weight is 165 g/mol. The summed E-state index contributed by atoms with van der Waals surface area (Å²) in [6.45, 7) is 4.67. The number of benzene rings is 1. The van der Waals surface area contributed by atoms with E-state index in [1.165, 1.54) is 5.56 Å². The van der Waals surface area contributed by atoms with Crippen molar-refractivity contribution in [3.8, 4) is 0 Å². The summed E-state index contributed by atoms with van der Waals surface area (Å²) in [6.07, 6.45) is 0. The molecule has 2 N–H and O–H groups in total. The van der Waals surface area contributed by atoms with Crippen LogP contribution in [-0.4, -0.2) is 7.11 Å². The van der Waals surface area contributed by atoms with Crippen LogP contribution in [0.5, 0.6) is 0 Å². The lowest BCUT2D eigenvalue weighted by molar-refractivity contribution is 0.184. The first-order chi connectivity index (χ1) is 5.66. The van der Waals surface area contributed by atoms with Crippen molar-refractivity contribution >= 4 is 5.69 Å². The van der Waals surface area contributed by atoms with Crippen molar-refractivity contribution in [2.24, 2.45) is 0 Å². The van der Waals surface area contributed by atoms with E-state index in [4.69, 9.17) is 10.5 Å². The van der Waals surface area contributed by atoms with Gasteiger partial charge in [0.15, 0.2) is 0 Å². The number of hydrogen-bond acceptors (Lipinski definition) is 2. The van der Waals surface area contributed by atoms with E-state index in [1.54, 1.807) is 7.11 Å². The minimum absolute atomic E-state index is 0.635. The Morgan fingerprint density at radius 3 is 2.58 bits per heavy atom. The second kappa shape index (κ2) is 3.59. The third kappa shape index (κ3) is 1.59. The van der Waals surface area contributed by atoms with Gasteiger partial charge in [0.2, 0.25) is 0 Å². The van der Waals surface area contributed by atoms with Gasteiger partial charge in [0, 0.05) is 12.8 Å². The van der Waals surface area contributed by atoms with Gasteiger partial charge in [0.1, 0.15) is 0 Å². The minimum Gasteiger partial charge on any atom is -0.398 e. The van der Waals surface area contributed by atoms with Gasteiger partial charge < -0.3 is 10.5 Å². The fourth-order valence-electron chi connectivity index (χ4n) is 1.22. The number of aryl methyl sites for hydroxylation is 1. The Kier molecular flexibility index (Phi) is 2.71. The molecule has 0 unspecified atom stereocenters. The van der Waals surface area contributed by atoms with Crippen molar-refractivity contribution in [3.05, 3.63) is 28.8 Å². The third-order valence-corrected chi connectivity index (χ3v) is 2.14. The highest BCUT2D eigenvalue weighted by atomic mass is 16.5. The van der Waals surface area contributed by atoms with Crippen molar-refractivity contribution in [1.82, 2.24) is 0 Å². The molecule has 0 amide bonds. The summed E-state index contributed by atoms with van der Waals surface area (Å²) in [4.78, 5) is 0. The highest BCUT2D eigenvalue weighted by Crippen LogP contribution is 2.20. The molecule has 0 aliphatic rings. The predicted molar refractivity (Wildman–Crippen MR) is 51.0 cm³/mol. The quantitative estimate of drug-likeness (QED) is 0.680. The Balaban J connectivity index is 3.08. The van der Waals surface area contributed by atoms with E-state index in [0.717, 1.165) is 16.8 Å². The lowest BCUT2D eigenvalue weighted by atomic mass is 10.0. The van der Waals surface area contributed by atoms with Crippen molar-refractivity contribution in [2.45, 2.75) is 20.5 Å². The second-order valence-corrected chi connectivity index (χ2v) is 3.01. The van der Waals surface area contributed by atoms with Gasteiger partial charge in [-0.05, 0) is 30.5 Å². The van der Waals surface area contributed by atoms with E-state index >= 15 is 0 Å². The maximum atomic E-state index is 5.86. The first-order valence-corrected chi connectivity index (χ1v) is 4.00. The molecule has 66 valence electrons. The molecule has 12 heavy (non-hydrogen) atoms. The molecule has 2 nitrogen and oxygen atoms in total. The van der Waals surface area contributed by atoms with Gasteiger partial charge in [0.25, 0.3) is 0 Å². The lowest BCUT2D eigenvalue weighted by Gasteiger charge is -2.09. The smallest absolute Gasteiger partial charge is 0.0716 e. The summed E-state index contributed by atoms with van der Waals surface area (Å²) in [7, 11) is 1.69. The van der Waals surface area contributed by atoms with Crippen LogP contribution in [0.3, 0.4) is 0 Å². The Bertz CT molecular complexity index is 281. The zero-order chi connectivity index (χ0) is 9.14. The Labute approximate surface area is 73.3 Å². The topological polar surface area (TPSA) is 35.2 Å². The van der Waals surface area contributed by atoms with Crippen molar-refractivity contribution in [3.63, 3.8) is 0 Å². The summed E-state index contributed by atoms with van der Waals surface area (Å²) in [5.74, 6) is 0. The molecule has 1 aromatic rings. The molecule has 0 heterocycles. The van der Waals surface area contributed by atoms with E-state index in [1.807, 2.05) is 19.9 Å². The van der Waals surface area contributed by atoms with Crippen molar-refractivity contribution in [1.29, 1.82) is 0 Å². The van der Waals surface area contributed by atoms with E-state index < -0.39 is 0 Å². The normalized spacial score (nSPS) is 10.2. The maximum absolute atomic E-state index is 5.86. The summed E-state index contributed by atoms with van der Waals surface area (Å²) in [5.41, 5.74) is 10.2. The number of nitrogen functional groups attached to an aromatic ring is 1. The Hall–Kier alpha value is -1.02. The molecular weight excluding hydrogens is 150 g/mol. The summed E-state index contributed by atoms with van der Waals surface area (Å²) >= 11 is 0. The monoisotopic (exact) mass is 165 g/mol. The van der Waals surface area contributed by atoms with Crippen LogP contribution in [0, 0.1) is 13.8 Å². The van der Waals surface area contributed by atoms with Crippen LogP contribution < -0.4 is 5.73 Å². The second-order valence-electron chi connectivity index (χ2n) is 3.01. The number of methoxy groups -OCH3 is 1. The molecule has 0 saturated carbocycles. The third-order valence-electron chi connectivity index (χ3n) is 2.14. The molecule has 0 aromatic heterocycles. The molecule has 0 bridgehead atoms. The number of nitrogens with two attached hydrogens (primary N) is 1. The zero-order valence-electron chi connectivity index (χ0n) is 7.85. The average Bonchev–Trinajstić information content (AvgIpc) is 2.07. The highest BCUT2D eigenvalue weighted by molar-refractivity contribution is 5.55. The fourth-order valence-corrected chi connectivity index (χ4v) is 1.22. The van der Waals surface area contributed by atoms with Gasteiger partial charge in [-0.15, -0.1) is 0 Å². The van der Waals surface area contributed by atoms with Gasteiger partial charge in [-0.2, -0.15) is 0 Å². The molecule has 0 saturated heterocycles. The van der Waals surface area contributed by atoms with Crippen LogP contribution in [0.1, 0.15) is 16.7 Å². The van der Waals surface area contributed by atoms with E-state index in [0.29, 0.717) is 6.61 Å². The molecule has 2 heteroatoms. The highest BCUT2D eigenvalue weighted by Gasteiger charge is 2.02. The largest absolute Gasteiger partial charge is 0.398 e. The first kappa shape index (κ1) is 9.07. The van der Waals surface area contributed by atoms with Crippen LogP contribution in [0.25, 0.3) is 0 Å².